The van der Waals surface area contributed by atoms with E-state index >= 15 is 0 Å². The number of aryl methyl sites for hydroxylation is 2. The Morgan fingerprint density at radius 1 is 1.23 bits per heavy atom. The van der Waals surface area contributed by atoms with E-state index in [0.717, 1.165) is 11.1 Å². The maximum Gasteiger partial charge on any atom is 0.277 e. The summed E-state index contributed by atoms with van der Waals surface area (Å²) in [5.74, 6) is 0.210. The molecule has 7 heteroatoms. The van der Waals surface area contributed by atoms with E-state index in [0.29, 0.717) is 11.3 Å². The van der Waals surface area contributed by atoms with Gasteiger partial charge in [-0.25, -0.2) is 5.43 Å². The van der Waals surface area contributed by atoms with Crippen LogP contribution in [0.5, 0.6) is 5.75 Å². The lowest BCUT2D eigenvalue weighted by molar-refractivity contribution is -0.385. The van der Waals surface area contributed by atoms with Gasteiger partial charge in [0, 0.05) is 12.3 Å². The molecule has 26 heavy (non-hydrogen) atoms. The number of nitro benzene ring substituents is 1. The standard InChI is InChI=1S/C19H19N3O4/c1-14-9-10-17(12-15(14)2)26-13-19(23)21-20-11-5-7-16-6-3-4-8-18(16)22(24)25/h3-12H,13H2,1-2H3,(H,21,23). The van der Waals surface area contributed by atoms with Crippen LogP contribution in [0, 0.1) is 24.0 Å². The van der Waals surface area contributed by atoms with Gasteiger partial charge in [-0.2, -0.15) is 5.10 Å². The van der Waals surface area contributed by atoms with Crippen LogP contribution in [0.2, 0.25) is 0 Å². The van der Waals surface area contributed by atoms with Crippen LogP contribution in [0.3, 0.4) is 0 Å². The van der Waals surface area contributed by atoms with E-state index in [1.54, 1.807) is 30.3 Å². The number of carbonyl (C=O) groups is 1. The molecule has 134 valence electrons. The number of para-hydroxylation sites is 1. The number of allylic oxidation sites excluding steroid dienone is 1. The molecule has 2 aromatic carbocycles. The van der Waals surface area contributed by atoms with E-state index < -0.39 is 10.8 Å². The average molecular weight is 353 g/mol. The molecule has 0 saturated carbocycles. The second kappa shape index (κ2) is 9.12. The summed E-state index contributed by atoms with van der Waals surface area (Å²) >= 11 is 0. The maximum absolute atomic E-state index is 11.7. The van der Waals surface area contributed by atoms with Crippen molar-refractivity contribution in [2.45, 2.75) is 13.8 Å². The lowest BCUT2D eigenvalue weighted by atomic mass is 10.1. The summed E-state index contributed by atoms with van der Waals surface area (Å²) in [5.41, 5.74) is 5.01. The number of amides is 1. The molecule has 0 bridgehead atoms. The Morgan fingerprint density at radius 2 is 2.00 bits per heavy atom. The third-order valence-corrected chi connectivity index (χ3v) is 3.61. The van der Waals surface area contributed by atoms with E-state index in [2.05, 4.69) is 10.5 Å². The lowest BCUT2D eigenvalue weighted by Gasteiger charge is -2.07. The Morgan fingerprint density at radius 3 is 2.73 bits per heavy atom. The van der Waals surface area contributed by atoms with Crippen molar-refractivity contribution in [3.05, 3.63) is 75.3 Å². The smallest absolute Gasteiger partial charge is 0.277 e. The Kier molecular flexibility index (Phi) is 6.61. The van der Waals surface area contributed by atoms with Crippen molar-refractivity contribution in [2.24, 2.45) is 5.10 Å². The SMILES string of the molecule is Cc1ccc(OCC(=O)NN=CC=Cc2ccccc2[N+](=O)[O-])cc1C. The van der Waals surface area contributed by atoms with Crippen molar-refractivity contribution in [3.8, 4) is 5.75 Å². The molecular formula is C19H19N3O4. The normalized spacial score (nSPS) is 11.0. The Balaban J connectivity index is 1.82. The zero-order chi connectivity index (χ0) is 18.9. The molecule has 0 aliphatic rings. The van der Waals surface area contributed by atoms with Gasteiger partial charge in [0.25, 0.3) is 11.6 Å². The molecule has 1 N–H and O–H groups in total. The maximum atomic E-state index is 11.7. The van der Waals surface area contributed by atoms with Gasteiger partial charge in [-0.05, 0) is 55.3 Å². The van der Waals surface area contributed by atoms with Crippen molar-refractivity contribution < 1.29 is 14.5 Å². The zero-order valence-corrected chi connectivity index (χ0v) is 14.5. The number of nitrogens with one attached hydrogen (secondary N) is 1. The summed E-state index contributed by atoms with van der Waals surface area (Å²) in [7, 11) is 0. The van der Waals surface area contributed by atoms with Gasteiger partial charge in [-0.15, -0.1) is 0 Å². The second-order valence-electron chi connectivity index (χ2n) is 5.52. The summed E-state index contributed by atoms with van der Waals surface area (Å²) in [5, 5.41) is 14.6. The lowest BCUT2D eigenvalue weighted by Crippen LogP contribution is -2.24. The Bertz CT molecular complexity index is 860. The van der Waals surface area contributed by atoms with Gasteiger partial charge in [0.15, 0.2) is 6.61 Å². The van der Waals surface area contributed by atoms with E-state index in [4.69, 9.17) is 4.74 Å². The molecular weight excluding hydrogens is 334 g/mol. The van der Waals surface area contributed by atoms with Crippen LogP contribution >= 0.6 is 0 Å². The van der Waals surface area contributed by atoms with Gasteiger partial charge in [0.1, 0.15) is 5.75 Å². The topological polar surface area (TPSA) is 93.8 Å². The summed E-state index contributed by atoms with van der Waals surface area (Å²) in [4.78, 5) is 22.1. The molecule has 0 radical (unpaired) electrons. The van der Waals surface area contributed by atoms with E-state index in [9.17, 15) is 14.9 Å². The quantitative estimate of drug-likeness (QED) is 0.469. The van der Waals surface area contributed by atoms with Gasteiger partial charge in [0.05, 0.1) is 10.5 Å². The summed E-state index contributed by atoms with van der Waals surface area (Å²) in [6.45, 7) is 3.81. The first-order valence-electron chi connectivity index (χ1n) is 7.89. The summed E-state index contributed by atoms with van der Waals surface area (Å²) in [6, 6.07) is 11.9. The van der Waals surface area contributed by atoms with Crippen LogP contribution in [0.1, 0.15) is 16.7 Å². The molecule has 7 nitrogen and oxygen atoms in total. The number of ether oxygens (including phenoxy) is 1. The predicted octanol–water partition coefficient (Wildman–Crippen LogP) is 3.41. The molecule has 0 saturated heterocycles. The second-order valence-corrected chi connectivity index (χ2v) is 5.52. The highest BCUT2D eigenvalue weighted by atomic mass is 16.6. The highest BCUT2D eigenvalue weighted by Crippen LogP contribution is 2.18. The molecule has 1 amide bonds. The Hall–Kier alpha value is -3.48. The number of benzene rings is 2. The van der Waals surface area contributed by atoms with E-state index in [1.807, 2.05) is 26.0 Å². The first-order chi connectivity index (χ1) is 12.5. The highest BCUT2D eigenvalue weighted by Gasteiger charge is 2.08. The number of hydrogen-bond acceptors (Lipinski definition) is 5. The van der Waals surface area contributed by atoms with Crippen LogP contribution < -0.4 is 10.2 Å². The molecule has 0 spiro atoms. The van der Waals surface area contributed by atoms with Crippen molar-refractivity contribution in [1.29, 1.82) is 0 Å². The third kappa shape index (κ3) is 5.55. The van der Waals surface area contributed by atoms with Crippen LogP contribution in [0.4, 0.5) is 5.69 Å². The van der Waals surface area contributed by atoms with Crippen LogP contribution in [0.25, 0.3) is 6.08 Å². The fourth-order valence-corrected chi connectivity index (χ4v) is 2.08. The summed E-state index contributed by atoms with van der Waals surface area (Å²) < 4.78 is 5.39. The minimum Gasteiger partial charge on any atom is -0.484 e. The van der Waals surface area contributed by atoms with Crippen molar-refractivity contribution in [3.63, 3.8) is 0 Å². The zero-order valence-electron chi connectivity index (χ0n) is 14.5. The Labute approximate surface area is 151 Å². The fourth-order valence-electron chi connectivity index (χ4n) is 2.08. The minimum absolute atomic E-state index is 0.00276. The molecule has 0 aliphatic heterocycles. The van der Waals surface area contributed by atoms with Gasteiger partial charge in [0.2, 0.25) is 0 Å². The van der Waals surface area contributed by atoms with E-state index in [1.165, 1.54) is 18.4 Å². The average Bonchev–Trinajstić information content (AvgIpc) is 2.62. The number of carbonyl (C=O) groups excluding carboxylic acids is 1. The third-order valence-electron chi connectivity index (χ3n) is 3.61. The number of rotatable bonds is 7. The number of hydrazone groups is 1. The molecule has 0 aliphatic carbocycles. The van der Waals surface area contributed by atoms with Crippen LogP contribution in [-0.4, -0.2) is 23.7 Å². The van der Waals surface area contributed by atoms with Gasteiger partial charge in [-0.3, -0.25) is 14.9 Å². The number of nitrogens with zero attached hydrogens (tertiary/aromatic N) is 2. The minimum atomic E-state index is -0.456. The molecule has 2 aromatic rings. The van der Waals surface area contributed by atoms with Gasteiger partial charge >= 0.3 is 0 Å². The fraction of sp³-hybridized carbons (Fsp3) is 0.158. The first kappa shape index (κ1) is 18.9. The number of hydrogen-bond donors (Lipinski definition) is 1. The van der Waals surface area contributed by atoms with Crippen molar-refractivity contribution >= 4 is 23.9 Å². The molecule has 0 aromatic heterocycles. The molecule has 0 heterocycles. The van der Waals surface area contributed by atoms with Crippen molar-refractivity contribution in [1.82, 2.24) is 5.43 Å². The largest absolute Gasteiger partial charge is 0.484 e. The molecule has 0 fully saturated rings. The predicted molar refractivity (Wildman–Crippen MR) is 100 cm³/mol. The highest BCUT2D eigenvalue weighted by molar-refractivity contribution is 5.82. The van der Waals surface area contributed by atoms with Crippen LogP contribution in [0.15, 0.2) is 53.6 Å². The number of nitro groups is 1. The first-order valence-corrected chi connectivity index (χ1v) is 7.89. The van der Waals surface area contributed by atoms with E-state index in [-0.39, 0.29) is 12.3 Å². The van der Waals surface area contributed by atoms with Crippen molar-refractivity contribution in [2.75, 3.05) is 6.61 Å². The monoisotopic (exact) mass is 353 g/mol. The van der Waals surface area contributed by atoms with Crippen LogP contribution in [-0.2, 0) is 4.79 Å². The molecule has 2 rings (SSSR count). The molecule has 0 unspecified atom stereocenters. The van der Waals surface area contributed by atoms with Gasteiger partial charge < -0.3 is 4.74 Å². The summed E-state index contributed by atoms with van der Waals surface area (Å²) in [6.07, 6.45) is 4.39. The molecule has 0 atom stereocenters. The van der Waals surface area contributed by atoms with Gasteiger partial charge in [-0.1, -0.05) is 18.2 Å².